The van der Waals surface area contributed by atoms with Crippen molar-refractivity contribution in [1.82, 2.24) is 5.32 Å². The minimum atomic E-state index is -1.05. The fourth-order valence-electron chi connectivity index (χ4n) is 2.23. The Labute approximate surface area is 106 Å². The van der Waals surface area contributed by atoms with E-state index in [2.05, 4.69) is 11.4 Å². The Bertz CT molecular complexity index is 402. The molecule has 2 unspecified atom stereocenters. The van der Waals surface area contributed by atoms with Crippen molar-refractivity contribution in [1.29, 1.82) is 0 Å². The Kier molecular flexibility index (Phi) is 3.78. The average Bonchev–Trinajstić information content (AvgIpc) is 2.77. The van der Waals surface area contributed by atoms with E-state index in [1.807, 2.05) is 23.9 Å². The monoisotopic (exact) mass is 253 g/mol. The number of nitrogens with one attached hydrogen (secondary N) is 1. The number of hydrogen-bond acceptors (Lipinski definition) is 4. The van der Waals surface area contributed by atoms with Crippen LogP contribution in [0.2, 0.25) is 0 Å². The van der Waals surface area contributed by atoms with Gasteiger partial charge in [0.05, 0.1) is 12.6 Å². The van der Waals surface area contributed by atoms with Gasteiger partial charge in [-0.05, 0) is 37.6 Å². The van der Waals surface area contributed by atoms with Gasteiger partial charge >= 0.3 is 0 Å². The van der Waals surface area contributed by atoms with E-state index in [4.69, 9.17) is 0 Å². The van der Waals surface area contributed by atoms with E-state index in [1.165, 1.54) is 10.5 Å². The highest BCUT2D eigenvalue weighted by Crippen LogP contribution is 2.35. The Morgan fingerprint density at radius 2 is 2.29 bits per heavy atom. The lowest BCUT2D eigenvalue weighted by Crippen LogP contribution is -2.47. The predicted molar refractivity (Wildman–Crippen MR) is 70.4 cm³/mol. The standard InChI is InChI=1S/C13H19NO2S/c1-13(16,12(8-15)14-2)10-4-3-9-5-6-17-11(9)7-10/h3-4,7,12,14-16H,5-6,8H2,1-2H3. The molecule has 0 amide bonds. The maximum absolute atomic E-state index is 10.5. The number of aliphatic hydroxyl groups excluding tert-OH is 1. The first-order valence-electron chi connectivity index (χ1n) is 5.86. The molecule has 1 heterocycles. The molecule has 0 fully saturated rings. The van der Waals surface area contributed by atoms with Gasteiger partial charge in [-0.1, -0.05) is 12.1 Å². The smallest absolute Gasteiger partial charge is 0.104 e. The van der Waals surface area contributed by atoms with Crippen LogP contribution in [0.4, 0.5) is 0 Å². The molecular formula is C13H19NO2S. The molecule has 0 aromatic heterocycles. The van der Waals surface area contributed by atoms with Crippen LogP contribution in [0.1, 0.15) is 18.1 Å². The first-order valence-corrected chi connectivity index (χ1v) is 6.85. The second kappa shape index (κ2) is 4.98. The first kappa shape index (κ1) is 12.9. The van der Waals surface area contributed by atoms with Crippen LogP contribution in [0.3, 0.4) is 0 Å². The fraction of sp³-hybridized carbons (Fsp3) is 0.538. The highest BCUT2D eigenvalue weighted by molar-refractivity contribution is 7.99. The number of likely N-dealkylation sites (N-methyl/N-ethyl adjacent to an activating group) is 1. The number of hydrogen-bond donors (Lipinski definition) is 3. The third-order valence-electron chi connectivity index (χ3n) is 3.49. The van der Waals surface area contributed by atoms with Crippen LogP contribution in [0.25, 0.3) is 0 Å². The van der Waals surface area contributed by atoms with Crippen molar-refractivity contribution < 1.29 is 10.2 Å². The quantitative estimate of drug-likeness (QED) is 0.753. The third-order valence-corrected chi connectivity index (χ3v) is 4.59. The third kappa shape index (κ3) is 2.36. The van der Waals surface area contributed by atoms with Crippen molar-refractivity contribution >= 4 is 11.8 Å². The topological polar surface area (TPSA) is 52.5 Å². The van der Waals surface area contributed by atoms with E-state index in [0.717, 1.165) is 17.7 Å². The molecule has 1 aromatic rings. The van der Waals surface area contributed by atoms with E-state index in [9.17, 15) is 10.2 Å². The molecule has 0 aliphatic carbocycles. The summed E-state index contributed by atoms with van der Waals surface area (Å²) in [6.45, 7) is 1.65. The molecule has 1 aliphatic rings. The number of benzene rings is 1. The number of thioether (sulfide) groups is 1. The lowest BCUT2D eigenvalue weighted by Gasteiger charge is -2.32. The van der Waals surface area contributed by atoms with Gasteiger partial charge in [-0.15, -0.1) is 11.8 Å². The zero-order valence-electron chi connectivity index (χ0n) is 10.2. The van der Waals surface area contributed by atoms with Gasteiger partial charge in [-0.25, -0.2) is 0 Å². The molecule has 2 rings (SSSR count). The van der Waals surface area contributed by atoms with Gasteiger partial charge < -0.3 is 15.5 Å². The molecule has 1 aliphatic heterocycles. The highest BCUT2D eigenvalue weighted by atomic mass is 32.2. The zero-order chi connectivity index (χ0) is 12.5. The Morgan fingerprint density at radius 1 is 1.53 bits per heavy atom. The molecule has 3 nitrogen and oxygen atoms in total. The zero-order valence-corrected chi connectivity index (χ0v) is 11.0. The van der Waals surface area contributed by atoms with Crippen LogP contribution in [-0.4, -0.2) is 35.7 Å². The van der Waals surface area contributed by atoms with Gasteiger partial charge in [-0.3, -0.25) is 0 Å². The summed E-state index contributed by atoms with van der Waals surface area (Å²) in [5, 5.41) is 22.8. The van der Waals surface area contributed by atoms with Crippen LogP contribution >= 0.6 is 11.8 Å². The number of aryl methyl sites for hydroxylation is 1. The van der Waals surface area contributed by atoms with Crippen LogP contribution in [-0.2, 0) is 12.0 Å². The van der Waals surface area contributed by atoms with E-state index in [0.29, 0.717) is 0 Å². The molecule has 1 aromatic carbocycles. The van der Waals surface area contributed by atoms with Crippen molar-refractivity contribution in [3.63, 3.8) is 0 Å². The van der Waals surface area contributed by atoms with Gasteiger partial charge in [-0.2, -0.15) is 0 Å². The van der Waals surface area contributed by atoms with E-state index in [-0.39, 0.29) is 12.6 Å². The first-order chi connectivity index (χ1) is 8.09. The summed E-state index contributed by atoms with van der Waals surface area (Å²) in [6, 6.07) is 5.74. The molecule has 2 atom stereocenters. The summed E-state index contributed by atoms with van der Waals surface area (Å²) in [5.74, 6) is 1.12. The molecule has 0 radical (unpaired) electrons. The lowest BCUT2D eigenvalue weighted by molar-refractivity contribution is -0.00315. The van der Waals surface area contributed by atoms with Gasteiger partial charge in [0.1, 0.15) is 5.60 Å². The second-order valence-corrected chi connectivity index (χ2v) is 5.73. The van der Waals surface area contributed by atoms with Gasteiger partial charge in [0.2, 0.25) is 0 Å². The predicted octanol–water partition coefficient (Wildman–Crippen LogP) is 1.12. The second-order valence-electron chi connectivity index (χ2n) is 4.59. The summed E-state index contributed by atoms with van der Waals surface area (Å²) in [4.78, 5) is 1.26. The van der Waals surface area contributed by atoms with Crippen molar-refractivity contribution in [2.45, 2.75) is 29.9 Å². The normalized spacial score (nSPS) is 19.8. The summed E-state index contributed by atoms with van der Waals surface area (Å²) in [7, 11) is 1.75. The minimum Gasteiger partial charge on any atom is -0.395 e. The van der Waals surface area contributed by atoms with E-state index in [1.54, 1.807) is 14.0 Å². The highest BCUT2D eigenvalue weighted by Gasteiger charge is 2.33. The maximum atomic E-state index is 10.5. The summed E-state index contributed by atoms with van der Waals surface area (Å²) in [6.07, 6.45) is 1.11. The molecule has 94 valence electrons. The molecule has 0 spiro atoms. The fourth-order valence-corrected chi connectivity index (χ4v) is 3.34. The minimum absolute atomic E-state index is 0.0896. The van der Waals surface area contributed by atoms with Gasteiger partial charge in [0.15, 0.2) is 0 Å². The summed E-state index contributed by atoms with van der Waals surface area (Å²) >= 11 is 1.83. The largest absolute Gasteiger partial charge is 0.395 e. The number of fused-ring (bicyclic) bond motifs is 1. The molecule has 0 saturated carbocycles. The molecule has 3 N–H and O–H groups in total. The van der Waals surface area contributed by atoms with Crippen molar-refractivity contribution in [3.8, 4) is 0 Å². The SMILES string of the molecule is CNC(CO)C(C)(O)c1ccc2c(c1)SCC2. The maximum Gasteiger partial charge on any atom is 0.104 e. The van der Waals surface area contributed by atoms with Crippen LogP contribution in [0.15, 0.2) is 23.1 Å². The lowest BCUT2D eigenvalue weighted by atomic mass is 9.88. The van der Waals surface area contributed by atoms with Gasteiger partial charge in [0, 0.05) is 10.6 Å². The number of rotatable bonds is 4. The van der Waals surface area contributed by atoms with E-state index >= 15 is 0 Å². The summed E-state index contributed by atoms with van der Waals surface area (Å²) < 4.78 is 0. The Balaban J connectivity index is 2.32. The van der Waals surface area contributed by atoms with Crippen molar-refractivity contribution in [2.24, 2.45) is 0 Å². The molecular weight excluding hydrogens is 234 g/mol. The molecule has 4 heteroatoms. The van der Waals surface area contributed by atoms with Crippen molar-refractivity contribution in [3.05, 3.63) is 29.3 Å². The van der Waals surface area contributed by atoms with Crippen LogP contribution in [0.5, 0.6) is 0 Å². The van der Waals surface area contributed by atoms with Crippen LogP contribution < -0.4 is 5.32 Å². The van der Waals surface area contributed by atoms with Crippen molar-refractivity contribution in [2.75, 3.05) is 19.4 Å². The molecule has 17 heavy (non-hydrogen) atoms. The van der Waals surface area contributed by atoms with Crippen LogP contribution in [0, 0.1) is 0 Å². The van der Waals surface area contributed by atoms with Gasteiger partial charge in [0.25, 0.3) is 0 Å². The number of aliphatic hydroxyl groups is 2. The Hall–Kier alpha value is -0.550. The molecule has 0 bridgehead atoms. The average molecular weight is 253 g/mol. The summed E-state index contributed by atoms with van der Waals surface area (Å²) in [5.41, 5.74) is 1.17. The molecule has 0 saturated heterocycles. The Morgan fingerprint density at radius 3 is 2.94 bits per heavy atom. The van der Waals surface area contributed by atoms with E-state index < -0.39 is 5.60 Å².